The van der Waals surface area contributed by atoms with Crippen LogP contribution in [0.5, 0.6) is 0 Å². The van der Waals surface area contributed by atoms with Crippen LogP contribution < -0.4 is 0 Å². The zero-order chi connectivity index (χ0) is 11.5. The lowest BCUT2D eigenvalue weighted by Gasteiger charge is -2.13. The lowest BCUT2D eigenvalue weighted by atomic mass is 10.3. The summed E-state index contributed by atoms with van der Waals surface area (Å²) in [7, 11) is 0. The van der Waals surface area contributed by atoms with Crippen molar-refractivity contribution in [2.75, 3.05) is 5.75 Å². The molecule has 15 heavy (non-hydrogen) atoms. The molecule has 1 aromatic rings. The van der Waals surface area contributed by atoms with Crippen molar-refractivity contribution in [3.63, 3.8) is 0 Å². The van der Waals surface area contributed by atoms with Gasteiger partial charge in [-0.2, -0.15) is 13.2 Å². The van der Waals surface area contributed by atoms with Crippen LogP contribution in [-0.2, 0) is 0 Å². The molecule has 0 aromatic heterocycles. The maximum Gasteiger partial charge on any atom is 0.415 e. The quantitative estimate of drug-likeness (QED) is 0.647. The van der Waals surface area contributed by atoms with Crippen LogP contribution in [0, 0.1) is 5.82 Å². The highest BCUT2D eigenvalue weighted by Gasteiger charge is 2.37. The number of rotatable bonds is 3. The summed E-state index contributed by atoms with van der Waals surface area (Å²) in [4.78, 5) is 0.360. The minimum atomic E-state index is -4.62. The SMILES string of the molecule is OC(CSc1cccc(F)c1)C(F)(F)F. The number of thioether (sulfide) groups is 1. The Bertz CT molecular complexity index is 326. The molecular weight excluding hydrogens is 232 g/mol. The summed E-state index contributed by atoms with van der Waals surface area (Å²) in [5.74, 6) is -1.05. The van der Waals surface area contributed by atoms with E-state index in [0.29, 0.717) is 4.90 Å². The van der Waals surface area contributed by atoms with Gasteiger partial charge in [0.1, 0.15) is 5.82 Å². The molecule has 0 fully saturated rings. The Kier molecular flexibility index (Phi) is 3.98. The topological polar surface area (TPSA) is 20.2 Å². The van der Waals surface area contributed by atoms with Crippen LogP contribution in [0.15, 0.2) is 29.2 Å². The third-order valence-corrected chi connectivity index (χ3v) is 2.65. The van der Waals surface area contributed by atoms with E-state index in [0.717, 1.165) is 17.8 Å². The fraction of sp³-hybridized carbons (Fsp3) is 0.333. The number of benzene rings is 1. The summed E-state index contributed by atoms with van der Waals surface area (Å²) in [5.41, 5.74) is 0. The fourth-order valence-corrected chi connectivity index (χ4v) is 1.74. The smallest absolute Gasteiger partial charge is 0.383 e. The summed E-state index contributed by atoms with van der Waals surface area (Å²) in [6, 6.07) is 5.20. The van der Waals surface area contributed by atoms with E-state index in [1.165, 1.54) is 18.2 Å². The predicted octanol–water partition coefficient (Wildman–Crippen LogP) is 2.84. The van der Waals surface area contributed by atoms with Gasteiger partial charge >= 0.3 is 6.18 Å². The summed E-state index contributed by atoms with van der Waals surface area (Å²) in [6.45, 7) is 0. The molecular formula is C9H8F4OS. The number of aliphatic hydroxyl groups is 1. The lowest BCUT2D eigenvalue weighted by molar-refractivity contribution is -0.195. The average molecular weight is 240 g/mol. The van der Waals surface area contributed by atoms with Crippen molar-refractivity contribution in [2.45, 2.75) is 17.2 Å². The molecule has 0 saturated carbocycles. The molecule has 0 spiro atoms. The summed E-state index contributed by atoms with van der Waals surface area (Å²) < 4.78 is 48.3. The van der Waals surface area contributed by atoms with E-state index in [2.05, 4.69) is 0 Å². The second-order valence-electron chi connectivity index (χ2n) is 2.83. The zero-order valence-electron chi connectivity index (χ0n) is 7.46. The van der Waals surface area contributed by atoms with Crippen LogP contribution in [0.3, 0.4) is 0 Å². The largest absolute Gasteiger partial charge is 0.415 e. The van der Waals surface area contributed by atoms with Crippen LogP contribution in [0.25, 0.3) is 0 Å². The zero-order valence-corrected chi connectivity index (χ0v) is 8.28. The third kappa shape index (κ3) is 4.09. The second kappa shape index (κ2) is 4.85. The standard InChI is InChI=1S/C9H8F4OS/c10-6-2-1-3-7(4-6)15-5-8(14)9(11,12)13/h1-4,8,14H,5H2. The Balaban J connectivity index is 2.51. The average Bonchev–Trinajstić information content (AvgIpc) is 2.12. The Morgan fingerprint density at radius 3 is 2.53 bits per heavy atom. The molecule has 1 rings (SSSR count). The molecule has 6 heteroatoms. The molecule has 0 aliphatic heterocycles. The van der Waals surface area contributed by atoms with E-state index in [1.807, 2.05) is 0 Å². The maximum absolute atomic E-state index is 12.6. The number of aliphatic hydroxyl groups excluding tert-OH is 1. The Morgan fingerprint density at radius 1 is 1.33 bits per heavy atom. The van der Waals surface area contributed by atoms with Gasteiger partial charge in [0.15, 0.2) is 6.10 Å². The van der Waals surface area contributed by atoms with Gasteiger partial charge in [0.05, 0.1) is 0 Å². The minimum Gasteiger partial charge on any atom is -0.383 e. The summed E-state index contributed by atoms with van der Waals surface area (Å²) in [5, 5.41) is 8.68. The molecule has 0 heterocycles. The van der Waals surface area contributed by atoms with Gasteiger partial charge in [-0.05, 0) is 18.2 Å². The number of halogens is 4. The van der Waals surface area contributed by atoms with Gasteiger partial charge in [-0.25, -0.2) is 4.39 Å². The van der Waals surface area contributed by atoms with Crippen molar-refractivity contribution in [2.24, 2.45) is 0 Å². The molecule has 1 aromatic carbocycles. The highest BCUT2D eigenvalue weighted by Crippen LogP contribution is 2.26. The van der Waals surface area contributed by atoms with Crippen molar-refractivity contribution < 1.29 is 22.7 Å². The van der Waals surface area contributed by atoms with Crippen molar-refractivity contribution in [3.8, 4) is 0 Å². The van der Waals surface area contributed by atoms with Crippen molar-refractivity contribution in [1.82, 2.24) is 0 Å². The maximum atomic E-state index is 12.6. The molecule has 1 unspecified atom stereocenters. The van der Waals surface area contributed by atoms with Crippen LogP contribution >= 0.6 is 11.8 Å². The molecule has 1 nitrogen and oxygen atoms in total. The van der Waals surface area contributed by atoms with Crippen LogP contribution in [-0.4, -0.2) is 23.1 Å². The Hall–Kier alpha value is -0.750. The van der Waals surface area contributed by atoms with E-state index in [1.54, 1.807) is 0 Å². The number of hydrogen-bond donors (Lipinski definition) is 1. The van der Waals surface area contributed by atoms with Crippen molar-refractivity contribution >= 4 is 11.8 Å². The van der Waals surface area contributed by atoms with Gasteiger partial charge < -0.3 is 5.11 Å². The predicted molar refractivity (Wildman–Crippen MR) is 49.2 cm³/mol. The molecule has 0 saturated heterocycles. The number of hydrogen-bond acceptors (Lipinski definition) is 2. The first kappa shape index (κ1) is 12.3. The Labute approximate surface area is 88.1 Å². The van der Waals surface area contributed by atoms with Gasteiger partial charge in [-0.3, -0.25) is 0 Å². The van der Waals surface area contributed by atoms with Crippen molar-refractivity contribution in [3.05, 3.63) is 30.1 Å². The van der Waals surface area contributed by atoms with Gasteiger partial charge in [0, 0.05) is 10.6 Å². The van der Waals surface area contributed by atoms with Crippen LogP contribution in [0.1, 0.15) is 0 Å². The lowest BCUT2D eigenvalue weighted by Crippen LogP contribution is -2.30. The van der Waals surface area contributed by atoms with Crippen LogP contribution in [0.2, 0.25) is 0 Å². The van der Waals surface area contributed by atoms with E-state index < -0.39 is 23.9 Å². The van der Waals surface area contributed by atoms with E-state index >= 15 is 0 Å². The molecule has 1 atom stereocenters. The second-order valence-corrected chi connectivity index (χ2v) is 3.92. The fourth-order valence-electron chi connectivity index (χ4n) is 0.826. The molecule has 1 N–H and O–H groups in total. The Morgan fingerprint density at radius 2 is 2.00 bits per heavy atom. The summed E-state index contributed by atoms with van der Waals surface area (Å²) in [6.07, 6.45) is -7.01. The van der Waals surface area contributed by atoms with Gasteiger partial charge in [0.2, 0.25) is 0 Å². The van der Waals surface area contributed by atoms with E-state index in [9.17, 15) is 17.6 Å². The minimum absolute atomic E-state index is 0.360. The third-order valence-electron chi connectivity index (χ3n) is 1.58. The molecule has 84 valence electrons. The number of alkyl halides is 3. The molecule has 0 aliphatic carbocycles. The molecule has 0 bridgehead atoms. The van der Waals surface area contributed by atoms with Crippen LogP contribution in [0.4, 0.5) is 17.6 Å². The summed E-state index contributed by atoms with van der Waals surface area (Å²) >= 11 is 0.760. The first-order valence-electron chi connectivity index (χ1n) is 4.03. The van der Waals surface area contributed by atoms with Gasteiger partial charge in [-0.1, -0.05) is 6.07 Å². The first-order valence-corrected chi connectivity index (χ1v) is 5.01. The van der Waals surface area contributed by atoms with E-state index in [-0.39, 0.29) is 0 Å². The van der Waals surface area contributed by atoms with Gasteiger partial charge in [-0.15, -0.1) is 11.8 Å². The van der Waals surface area contributed by atoms with E-state index in [4.69, 9.17) is 5.11 Å². The highest BCUT2D eigenvalue weighted by atomic mass is 32.2. The normalized spacial score (nSPS) is 13.9. The van der Waals surface area contributed by atoms with Crippen molar-refractivity contribution in [1.29, 1.82) is 0 Å². The highest BCUT2D eigenvalue weighted by molar-refractivity contribution is 7.99. The monoisotopic (exact) mass is 240 g/mol. The molecule has 0 aliphatic rings. The first-order chi connectivity index (χ1) is 6.89. The van der Waals surface area contributed by atoms with Gasteiger partial charge in [0.25, 0.3) is 0 Å². The molecule has 0 radical (unpaired) electrons. The molecule has 0 amide bonds.